The molecule has 11 heavy (non-hydrogen) atoms. The Kier molecular flexibility index (Phi) is 7.96. The quantitative estimate of drug-likeness (QED) is 0.438. The third kappa shape index (κ3) is 9.92. The highest BCUT2D eigenvalue weighted by Crippen LogP contribution is 2.00. The number of rotatable bonds is 7. The van der Waals surface area contributed by atoms with Gasteiger partial charge in [-0.3, -0.25) is 0 Å². The third-order valence-electron chi connectivity index (χ3n) is 1.75. The molecule has 0 radical (unpaired) electrons. The van der Waals surface area contributed by atoms with Crippen molar-refractivity contribution in [2.24, 2.45) is 5.73 Å². The SMILES string of the molecule is CCCCCCCNC(C)N. The summed E-state index contributed by atoms with van der Waals surface area (Å²) in [6.07, 6.45) is 6.83. The van der Waals surface area contributed by atoms with Gasteiger partial charge in [-0.1, -0.05) is 32.6 Å². The summed E-state index contributed by atoms with van der Waals surface area (Å²) in [5.41, 5.74) is 5.52. The molecule has 0 aromatic heterocycles. The van der Waals surface area contributed by atoms with E-state index >= 15 is 0 Å². The second kappa shape index (κ2) is 8.02. The minimum atomic E-state index is 0.154. The van der Waals surface area contributed by atoms with Gasteiger partial charge in [-0.15, -0.1) is 0 Å². The molecule has 1 atom stereocenters. The molecule has 3 N–H and O–H groups in total. The molecule has 0 aromatic carbocycles. The Labute approximate surface area is 70.5 Å². The van der Waals surface area contributed by atoms with Gasteiger partial charge in [0.2, 0.25) is 0 Å². The molecule has 0 amide bonds. The molecule has 0 rings (SSSR count). The third-order valence-corrected chi connectivity index (χ3v) is 1.75. The van der Waals surface area contributed by atoms with E-state index in [1.54, 1.807) is 0 Å². The van der Waals surface area contributed by atoms with Gasteiger partial charge in [0.15, 0.2) is 0 Å². The molecule has 0 bridgehead atoms. The highest BCUT2D eigenvalue weighted by atomic mass is 15.0. The molecular weight excluding hydrogens is 136 g/mol. The lowest BCUT2D eigenvalue weighted by Gasteiger charge is -2.06. The number of hydrogen-bond acceptors (Lipinski definition) is 2. The van der Waals surface area contributed by atoms with Gasteiger partial charge < -0.3 is 11.1 Å². The molecule has 0 aromatic rings. The van der Waals surface area contributed by atoms with Crippen molar-refractivity contribution >= 4 is 0 Å². The Hall–Kier alpha value is -0.0800. The fourth-order valence-corrected chi connectivity index (χ4v) is 1.06. The summed E-state index contributed by atoms with van der Waals surface area (Å²) < 4.78 is 0. The summed E-state index contributed by atoms with van der Waals surface area (Å²) in [5, 5.41) is 3.20. The lowest BCUT2D eigenvalue weighted by Crippen LogP contribution is -2.34. The highest BCUT2D eigenvalue weighted by Gasteiger charge is 1.91. The van der Waals surface area contributed by atoms with Crippen molar-refractivity contribution in [1.82, 2.24) is 5.32 Å². The van der Waals surface area contributed by atoms with Crippen molar-refractivity contribution in [2.45, 2.75) is 52.1 Å². The lowest BCUT2D eigenvalue weighted by molar-refractivity contribution is 0.527. The maximum absolute atomic E-state index is 5.52. The van der Waals surface area contributed by atoms with E-state index in [0.717, 1.165) is 6.54 Å². The Balaban J connectivity index is 2.80. The molecule has 68 valence electrons. The van der Waals surface area contributed by atoms with Crippen LogP contribution in [0.4, 0.5) is 0 Å². The van der Waals surface area contributed by atoms with Crippen LogP contribution in [0, 0.1) is 0 Å². The van der Waals surface area contributed by atoms with E-state index in [1.807, 2.05) is 6.92 Å². The monoisotopic (exact) mass is 158 g/mol. The van der Waals surface area contributed by atoms with Gasteiger partial charge in [0, 0.05) is 0 Å². The average Bonchev–Trinajstić information content (AvgIpc) is 1.96. The normalized spacial score (nSPS) is 13.4. The van der Waals surface area contributed by atoms with Crippen molar-refractivity contribution in [1.29, 1.82) is 0 Å². The van der Waals surface area contributed by atoms with Crippen LogP contribution >= 0.6 is 0 Å². The second-order valence-corrected chi connectivity index (χ2v) is 3.16. The summed E-state index contributed by atoms with van der Waals surface area (Å²) in [4.78, 5) is 0. The topological polar surface area (TPSA) is 38.0 Å². The maximum atomic E-state index is 5.52. The average molecular weight is 158 g/mol. The van der Waals surface area contributed by atoms with E-state index in [9.17, 15) is 0 Å². The van der Waals surface area contributed by atoms with Crippen LogP contribution in [-0.2, 0) is 0 Å². The minimum Gasteiger partial charge on any atom is -0.316 e. The number of hydrogen-bond donors (Lipinski definition) is 2. The zero-order chi connectivity index (χ0) is 8.53. The van der Waals surface area contributed by atoms with Crippen molar-refractivity contribution in [3.05, 3.63) is 0 Å². The van der Waals surface area contributed by atoms with Gasteiger partial charge in [0.1, 0.15) is 0 Å². The lowest BCUT2D eigenvalue weighted by atomic mass is 10.1. The molecule has 0 heterocycles. The Morgan fingerprint density at radius 1 is 1.18 bits per heavy atom. The predicted molar refractivity (Wildman–Crippen MR) is 50.4 cm³/mol. The first kappa shape index (κ1) is 10.9. The van der Waals surface area contributed by atoms with E-state index in [4.69, 9.17) is 5.73 Å². The zero-order valence-corrected chi connectivity index (χ0v) is 7.90. The molecule has 0 saturated carbocycles. The zero-order valence-electron chi connectivity index (χ0n) is 7.90. The molecule has 2 nitrogen and oxygen atoms in total. The molecule has 0 aliphatic rings. The largest absolute Gasteiger partial charge is 0.316 e. The van der Waals surface area contributed by atoms with Crippen molar-refractivity contribution < 1.29 is 0 Å². The van der Waals surface area contributed by atoms with Crippen molar-refractivity contribution in [3.63, 3.8) is 0 Å². The first-order chi connectivity index (χ1) is 5.27. The van der Waals surface area contributed by atoms with Crippen LogP contribution in [0.25, 0.3) is 0 Å². The molecule has 2 heteroatoms. The summed E-state index contributed by atoms with van der Waals surface area (Å²) in [7, 11) is 0. The highest BCUT2D eigenvalue weighted by molar-refractivity contribution is 4.51. The van der Waals surface area contributed by atoms with E-state index in [1.165, 1.54) is 32.1 Å². The van der Waals surface area contributed by atoms with E-state index < -0.39 is 0 Å². The predicted octanol–water partition coefficient (Wildman–Crippen LogP) is 1.85. The van der Waals surface area contributed by atoms with Crippen molar-refractivity contribution in [3.8, 4) is 0 Å². The number of nitrogens with one attached hydrogen (secondary N) is 1. The van der Waals surface area contributed by atoms with Crippen LogP contribution in [0.15, 0.2) is 0 Å². The minimum absolute atomic E-state index is 0.154. The molecule has 0 aliphatic carbocycles. The Morgan fingerprint density at radius 2 is 1.82 bits per heavy atom. The van der Waals surface area contributed by atoms with Gasteiger partial charge in [-0.25, -0.2) is 0 Å². The molecule has 1 unspecified atom stereocenters. The fraction of sp³-hybridized carbons (Fsp3) is 1.00. The summed E-state index contributed by atoms with van der Waals surface area (Å²) in [5.74, 6) is 0. The molecule has 0 aliphatic heterocycles. The van der Waals surface area contributed by atoms with Crippen molar-refractivity contribution in [2.75, 3.05) is 6.54 Å². The molecule has 0 saturated heterocycles. The second-order valence-electron chi connectivity index (χ2n) is 3.16. The van der Waals surface area contributed by atoms with Gasteiger partial charge in [0.25, 0.3) is 0 Å². The standard InChI is InChI=1S/C9H22N2/c1-3-4-5-6-7-8-11-9(2)10/h9,11H,3-8,10H2,1-2H3. The van der Waals surface area contributed by atoms with Crippen LogP contribution in [-0.4, -0.2) is 12.7 Å². The molecule has 0 fully saturated rings. The van der Waals surface area contributed by atoms with E-state index in [2.05, 4.69) is 12.2 Å². The van der Waals surface area contributed by atoms with Crippen LogP contribution < -0.4 is 11.1 Å². The smallest absolute Gasteiger partial charge is 0.0517 e. The molecule has 0 spiro atoms. The van der Waals surface area contributed by atoms with Crippen LogP contribution in [0.3, 0.4) is 0 Å². The summed E-state index contributed by atoms with van der Waals surface area (Å²) >= 11 is 0. The number of nitrogens with two attached hydrogens (primary N) is 1. The van der Waals surface area contributed by atoms with E-state index in [-0.39, 0.29) is 6.17 Å². The van der Waals surface area contributed by atoms with Crippen LogP contribution in [0.5, 0.6) is 0 Å². The summed E-state index contributed by atoms with van der Waals surface area (Å²) in [6.45, 7) is 5.29. The first-order valence-electron chi connectivity index (χ1n) is 4.76. The Morgan fingerprint density at radius 3 is 2.36 bits per heavy atom. The Bertz CT molecular complexity index is 72.0. The summed E-state index contributed by atoms with van der Waals surface area (Å²) in [6, 6.07) is 0. The van der Waals surface area contributed by atoms with Crippen LogP contribution in [0.2, 0.25) is 0 Å². The van der Waals surface area contributed by atoms with Gasteiger partial charge >= 0.3 is 0 Å². The van der Waals surface area contributed by atoms with Gasteiger partial charge in [-0.05, 0) is 19.9 Å². The van der Waals surface area contributed by atoms with E-state index in [0.29, 0.717) is 0 Å². The van der Waals surface area contributed by atoms with Gasteiger partial charge in [-0.2, -0.15) is 0 Å². The number of unbranched alkanes of at least 4 members (excludes halogenated alkanes) is 4. The molecular formula is C9H22N2. The fourth-order valence-electron chi connectivity index (χ4n) is 1.06. The van der Waals surface area contributed by atoms with Crippen LogP contribution in [0.1, 0.15) is 46.0 Å². The first-order valence-corrected chi connectivity index (χ1v) is 4.76. The van der Waals surface area contributed by atoms with Gasteiger partial charge in [0.05, 0.1) is 6.17 Å². The maximum Gasteiger partial charge on any atom is 0.0517 e.